The lowest BCUT2D eigenvalue weighted by Crippen LogP contribution is -2.38. The van der Waals surface area contributed by atoms with E-state index in [1.54, 1.807) is 11.3 Å². The van der Waals surface area contributed by atoms with Crippen LogP contribution in [0.1, 0.15) is 17.8 Å². The monoisotopic (exact) mass is 214 g/mol. The molecule has 0 aliphatic rings. The van der Waals surface area contributed by atoms with Gasteiger partial charge in [-0.15, -0.1) is 11.3 Å². The van der Waals surface area contributed by atoms with Gasteiger partial charge < -0.3 is 15.7 Å². The Morgan fingerprint density at radius 1 is 1.71 bits per heavy atom. The first-order chi connectivity index (χ1) is 6.74. The van der Waals surface area contributed by atoms with Gasteiger partial charge in [-0.2, -0.15) is 0 Å². The van der Waals surface area contributed by atoms with Crippen LogP contribution in [0.4, 0.5) is 4.79 Å². The van der Waals surface area contributed by atoms with E-state index >= 15 is 0 Å². The molecular weight excluding hydrogens is 200 g/mol. The number of nitrogens with one attached hydrogen (secondary N) is 2. The minimum absolute atomic E-state index is 0.00805. The van der Waals surface area contributed by atoms with Crippen molar-refractivity contribution in [2.24, 2.45) is 0 Å². The largest absolute Gasteiger partial charge is 0.395 e. The summed E-state index contributed by atoms with van der Waals surface area (Å²) in [5.41, 5.74) is 0. The van der Waals surface area contributed by atoms with Crippen molar-refractivity contribution in [1.82, 2.24) is 10.6 Å². The molecular formula is C9H14N2O2S. The Morgan fingerprint density at radius 3 is 3.07 bits per heavy atom. The van der Waals surface area contributed by atoms with Crippen molar-refractivity contribution in [3.63, 3.8) is 0 Å². The van der Waals surface area contributed by atoms with E-state index in [0.29, 0.717) is 0 Å². The van der Waals surface area contributed by atoms with Crippen LogP contribution in [0.25, 0.3) is 0 Å². The van der Waals surface area contributed by atoms with Gasteiger partial charge in [-0.05, 0) is 18.4 Å². The summed E-state index contributed by atoms with van der Waals surface area (Å²) in [4.78, 5) is 12.3. The minimum atomic E-state index is -0.250. The predicted molar refractivity (Wildman–Crippen MR) is 56.4 cm³/mol. The molecule has 1 heterocycles. The molecule has 4 nitrogen and oxygen atoms in total. The van der Waals surface area contributed by atoms with Gasteiger partial charge in [-0.3, -0.25) is 0 Å². The average molecular weight is 214 g/mol. The van der Waals surface area contributed by atoms with E-state index < -0.39 is 0 Å². The standard InChI is InChI=1S/C9H14N2O2S/c1-7(8-3-2-6-14-8)11-9(13)10-4-5-12/h2-3,6-7,12H,4-5H2,1H3,(H2,10,11,13)/t7-/m0/s1. The molecule has 5 heteroatoms. The van der Waals surface area contributed by atoms with Crippen molar-refractivity contribution in [2.45, 2.75) is 13.0 Å². The van der Waals surface area contributed by atoms with E-state index in [-0.39, 0.29) is 25.2 Å². The molecule has 0 aliphatic carbocycles. The highest BCUT2D eigenvalue weighted by Gasteiger charge is 2.08. The molecule has 1 aromatic rings. The van der Waals surface area contributed by atoms with Crippen LogP contribution >= 0.6 is 11.3 Å². The minimum Gasteiger partial charge on any atom is -0.395 e. The lowest BCUT2D eigenvalue weighted by Gasteiger charge is -2.12. The van der Waals surface area contributed by atoms with Gasteiger partial charge in [0.15, 0.2) is 0 Å². The maximum absolute atomic E-state index is 11.2. The number of aliphatic hydroxyl groups is 1. The molecule has 0 unspecified atom stereocenters. The van der Waals surface area contributed by atoms with Crippen LogP contribution in [-0.2, 0) is 0 Å². The first-order valence-corrected chi connectivity index (χ1v) is 5.30. The number of hydrogen-bond donors (Lipinski definition) is 3. The fourth-order valence-electron chi connectivity index (χ4n) is 1.03. The summed E-state index contributed by atoms with van der Waals surface area (Å²) in [7, 11) is 0. The van der Waals surface area contributed by atoms with Crippen LogP contribution < -0.4 is 10.6 Å². The Bertz CT molecular complexity index is 274. The van der Waals surface area contributed by atoms with E-state index in [1.807, 2.05) is 24.4 Å². The summed E-state index contributed by atoms with van der Waals surface area (Å²) in [5.74, 6) is 0. The Labute approximate surface area is 87.0 Å². The van der Waals surface area contributed by atoms with Gasteiger partial charge in [0.05, 0.1) is 12.6 Å². The van der Waals surface area contributed by atoms with Gasteiger partial charge in [0.2, 0.25) is 0 Å². The fraction of sp³-hybridized carbons (Fsp3) is 0.444. The molecule has 0 saturated carbocycles. The van der Waals surface area contributed by atoms with Crippen molar-refractivity contribution in [3.8, 4) is 0 Å². The third-order valence-corrected chi connectivity index (χ3v) is 2.77. The number of carbonyl (C=O) groups excluding carboxylic acids is 1. The number of urea groups is 1. The van der Waals surface area contributed by atoms with E-state index in [1.165, 1.54) is 0 Å². The number of thiophene rings is 1. The number of carbonyl (C=O) groups is 1. The third-order valence-electron chi connectivity index (χ3n) is 1.71. The van der Waals surface area contributed by atoms with Gasteiger partial charge in [0.1, 0.15) is 0 Å². The highest BCUT2D eigenvalue weighted by Crippen LogP contribution is 2.17. The van der Waals surface area contributed by atoms with Crippen LogP contribution in [0.5, 0.6) is 0 Å². The van der Waals surface area contributed by atoms with Crippen molar-refractivity contribution in [1.29, 1.82) is 0 Å². The van der Waals surface area contributed by atoms with Gasteiger partial charge in [0.25, 0.3) is 0 Å². The molecule has 0 saturated heterocycles. The summed E-state index contributed by atoms with van der Waals surface area (Å²) < 4.78 is 0. The normalized spacial score (nSPS) is 12.1. The number of amides is 2. The molecule has 0 radical (unpaired) electrons. The molecule has 0 aromatic carbocycles. The quantitative estimate of drug-likeness (QED) is 0.703. The van der Waals surface area contributed by atoms with Crippen molar-refractivity contribution >= 4 is 17.4 Å². The lowest BCUT2D eigenvalue weighted by molar-refractivity contribution is 0.231. The number of aliphatic hydroxyl groups excluding tert-OH is 1. The second-order valence-electron chi connectivity index (χ2n) is 2.86. The fourth-order valence-corrected chi connectivity index (χ4v) is 1.76. The van der Waals surface area contributed by atoms with E-state index in [9.17, 15) is 4.79 Å². The van der Waals surface area contributed by atoms with Crippen LogP contribution in [0.2, 0.25) is 0 Å². The zero-order valence-electron chi connectivity index (χ0n) is 7.99. The Morgan fingerprint density at radius 2 is 2.50 bits per heavy atom. The van der Waals surface area contributed by atoms with E-state index in [4.69, 9.17) is 5.11 Å². The summed E-state index contributed by atoms with van der Waals surface area (Å²) in [6.07, 6.45) is 0. The maximum atomic E-state index is 11.2. The van der Waals surface area contributed by atoms with Gasteiger partial charge in [0, 0.05) is 11.4 Å². The predicted octanol–water partition coefficient (Wildman–Crippen LogP) is 1.10. The van der Waals surface area contributed by atoms with Gasteiger partial charge in [-0.1, -0.05) is 6.07 Å². The number of hydrogen-bond acceptors (Lipinski definition) is 3. The van der Waals surface area contributed by atoms with Gasteiger partial charge in [-0.25, -0.2) is 4.79 Å². The smallest absolute Gasteiger partial charge is 0.315 e. The van der Waals surface area contributed by atoms with E-state index in [0.717, 1.165) is 4.88 Å². The van der Waals surface area contributed by atoms with Crippen molar-refractivity contribution < 1.29 is 9.90 Å². The number of rotatable bonds is 4. The average Bonchev–Trinajstić information content (AvgIpc) is 2.67. The zero-order chi connectivity index (χ0) is 10.4. The molecule has 78 valence electrons. The maximum Gasteiger partial charge on any atom is 0.315 e. The Hall–Kier alpha value is -1.07. The summed E-state index contributed by atoms with van der Waals surface area (Å²) in [6, 6.07) is 3.68. The second-order valence-corrected chi connectivity index (χ2v) is 3.84. The van der Waals surface area contributed by atoms with Gasteiger partial charge >= 0.3 is 6.03 Å². The SMILES string of the molecule is C[C@H](NC(=O)NCCO)c1cccs1. The van der Waals surface area contributed by atoms with Crippen molar-refractivity contribution in [2.75, 3.05) is 13.2 Å². The van der Waals surface area contributed by atoms with Crippen LogP contribution in [0.3, 0.4) is 0 Å². The molecule has 2 amide bonds. The highest BCUT2D eigenvalue weighted by molar-refractivity contribution is 7.10. The Balaban J connectivity index is 2.33. The lowest BCUT2D eigenvalue weighted by atomic mass is 10.3. The molecule has 0 bridgehead atoms. The molecule has 1 rings (SSSR count). The van der Waals surface area contributed by atoms with Crippen LogP contribution in [0, 0.1) is 0 Å². The Kier molecular flexibility index (Phi) is 4.42. The molecule has 1 atom stereocenters. The highest BCUT2D eigenvalue weighted by atomic mass is 32.1. The van der Waals surface area contributed by atoms with Crippen LogP contribution in [0.15, 0.2) is 17.5 Å². The summed E-state index contributed by atoms with van der Waals surface area (Å²) >= 11 is 1.60. The molecule has 3 N–H and O–H groups in total. The van der Waals surface area contributed by atoms with Crippen LogP contribution in [-0.4, -0.2) is 24.3 Å². The first kappa shape index (κ1) is 11.0. The first-order valence-electron chi connectivity index (χ1n) is 4.42. The molecule has 0 fully saturated rings. The zero-order valence-corrected chi connectivity index (χ0v) is 8.80. The second kappa shape index (κ2) is 5.62. The van der Waals surface area contributed by atoms with Crippen molar-refractivity contribution in [3.05, 3.63) is 22.4 Å². The summed E-state index contributed by atoms with van der Waals surface area (Å²) in [5, 5.41) is 15.8. The third kappa shape index (κ3) is 3.35. The van der Waals surface area contributed by atoms with E-state index in [2.05, 4.69) is 10.6 Å². The molecule has 14 heavy (non-hydrogen) atoms. The molecule has 0 aliphatic heterocycles. The molecule has 0 spiro atoms. The topological polar surface area (TPSA) is 61.4 Å². The molecule has 1 aromatic heterocycles. The summed E-state index contributed by atoms with van der Waals surface area (Å²) in [6.45, 7) is 2.16.